The molecule has 2 aromatic rings. The van der Waals surface area contributed by atoms with Gasteiger partial charge in [-0.2, -0.15) is 0 Å². The molecule has 0 heterocycles. The highest BCUT2D eigenvalue weighted by atomic mass is 127. The van der Waals surface area contributed by atoms with E-state index >= 15 is 0 Å². The first-order chi connectivity index (χ1) is 9.60. The lowest BCUT2D eigenvalue weighted by Crippen LogP contribution is -2.28. The van der Waals surface area contributed by atoms with E-state index in [1.165, 1.54) is 3.57 Å². The summed E-state index contributed by atoms with van der Waals surface area (Å²) in [7, 11) is 0. The highest BCUT2D eigenvalue weighted by molar-refractivity contribution is 14.1. The zero-order valence-electron chi connectivity index (χ0n) is 11.6. The van der Waals surface area contributed by atoms with E-state index in [1.807, 2.05) is 32.0 Å². The van der Waals surface area contributed by atoms with Crippen LogP contribution in [0.25, 0.3) is 0 Å². The Labute approximate surface area is 133 Å². The lowest BCUT2D eigenvalue weighted by atomic mass is 9.99. The number of halogens is 1. The maximum absolute atomic E-state index is 5.73. The number of ether oxygens (including phenoxy) is 1. The lowest BCUT2D eigenvalue weighted by Gasteiger charge is -2.18. The average molecular weight is 382 g/mol. The molecule has 20 heavy (non-hydrogen) atoms. The van der Waals surface area contributed by atoms with Gasteiger partial charge in [-0.25, -0.2) is 5.43 Å². The van der Waals surface area contributed by atoms with Crippen LogP contribution in [0, 0.1) is 3.57 Å². The molecular formula is C16H19IN2O. The zero-order valence-corrected chi connectivity index (χ0v) is 13.8. The van der Waals surface area contributed by atoms with Gasteiger partial charge in [0.15, 0.2) is 0 Å². The van der Waals surface area contributed by atoms with Gasteiger partial charge in [0.1, 0.15) is 5.75 Å². The average Bonchev–Trinajstić information content (AvgIpc) is 2.41. The smallest absolute Gasteiger partial charge is 0.120 e. The van der Waals surface area contributed by atoms with Crippen molar-refractivity contribution in [3.05, 3.63) is 63.2 Å². The van der Waals surface area contributed by atoms with Gasteiger partial charge in [-0.05, 0) is 71.8 Å². The van der Waals surface area contributed by atoms with Gasteiger partial charge in [0.05, 0.1) is 12.1 Å². The molecule has 0 aliphatic rings. The standard InChI is InChI=1S/C16H19IN2O/c1-11(2)20-15-5-3-4-13(10-15)16(19-18)12-6-8-14(17)9-7-12/h3-11,16,19H,18H2,1-2H3. The predicted molar refractivity (Wildman–Crippen MR) is 90.5 cm³/mol. The third-order valence-electron chi connectivity index (χ3n) is 2.93. The fourth-order valence-electron chi connectivity index (χ4n) is 2.08. The molecule has 0 saturated carbocycles. The molecule has 0 bridgehead atoms. The fourth-order valence-corrected chi connectivity index (χ4v) is 2.44. The van der Waals surface area contributed by atoms with Crippen LogP contribution in [0.1, 0.15) is 31.0 Å². The van der Waals surface area contributed by atoms with Crippen LogP contribution in [-0.4, -0.2) is 6.10 Å². The number of hydrogen-bond acceptors (Lipinski definition) is 3. The Morgan fingerprint density at radius 1 is 1.05 bits per heavy atom. The molecule has 2 aromatic carbocycles. The van der Waals surface area contributed by atoms with Crippen LogP contribution >= 0.6 is 22.6 Å². The van der Waals surface area contributed by atoms with Crippen LogP contribution in [0.2, 0.25) is 0 Å². The molecule has 0 amide bonds. The van der Waals surface area contributed by atoms with Crippen LogP contribution in [0.15, 0.2) is 48.5 Å². The molecular weight excluding hydrogens is 363 g/mol. The second-order valence-electron chi connectivity index (χ2n) is 4.89. The van der Waals surface area contributed by atoms with Crippen LogP contribution < -0.4 is 16.0 Å². The minimum absolute atomic E-state index is 0.0392. The summed E-state index contributed by atoms with van der Waals surface area (Å²) in [6.45, 7) is 4.04. The Hall–Kier alpha value is -1.11. The molecule has 106 valence electrons. The molecule has 0 radical (unpaired) electrons. The molecule has 0 aromatic heterocycles. The lowest BCUT2D eigenvalue weighted by molar-refractivity contribution is 0.242. The van der Waals surface area contributed by atoms with Crippen molar-refractivity contribution < 1.29 is 4.74 Å². The zero-order chi connectivity index (χ0) is 14.5. The maximum atomic E-state index is 5.73. The summed E-state index contributed by atoms with van der Waals surface area (Å²) >= 11 is 2.29. The highest BCUT2D eigenvalue weighted by Gasteiger charge is 2.13. The van der Waals surface area contributed by atoms with E-state index in [-0.39, 0.29) is 12.1 Å². The monoisotopic (exact) mass is 382 g/mol. The normalized spacial score (nSPS) is 12.4. The van der Waals surface area contributed by atoms with Gasteiger partial charge < -0.3 is 4.74 Å². The van der Waals surface area contributed by atoms with Crippen molar-refractivity contribution in [1.82, 2.24) is 5.43 Å². The van der Waals surface area contributed by atoms with Gasteiger partial charge in [0, 0.05) is 3.57 Å². The first-order valence-corrected chi connectivity index (χ1v) is 7.66. The van der Waals surface area contributed by atoms with Crippen molar-refractivity contribution in [2.24, 2.45) is 5.84 Å². The number of hydrazine groups is 1. The van der Waals surface area contributed by atoms with Crippen molar-refractivity contribution in [2.75, 3.05) is 0 Å². The van der Waals surface area contributed by atoms with Crippen molar-refractivity contribution in [3.8, 4) is 5.75 Å². The van der Waals surface area contributed by atoms with Gasteiger partial charge in [-0.15, -0.1) is 0 Å². The fraction of sp³-hybridized carbons (Fsp3) is 0.250. The van der Waals surface area contributed by atoms with Crippen molar-refractivity contribution in [2.45, 2.75) is 26.0 Å². The molecule has 2 rings (SSSR count). The highest BCUT2D eigenvalue weighted by Crippen LogP contribution is 2.25. The van der Waals surface area contributed by atoms with E-state index in [0.29, 0.717) is 0 Å². The van der Waals surface area contributed by atoms with Gasteiger partial charge in [-0.3, -0.25) is 5.84 Å². The molecule has 4 heteroatoms. The Morgan fingerprint density at radius 2 is 1.75 bits per heavy atom. The number of benzene rings is 2. The predicted octanol–water partition coefficient (Wildman–Crippen LogP) is 3.63. The van der Waals surface area contributed by atoms with Crippen LogP contribution in [0.5, 0.6) is 5.75 Å². The maximum Gasteiger partial charge on any atom is 0.120 e. The minimum atomic E-state index is -0.0392. The molecule has 0 aliphatic carbocycles. The second-order valence-corrected chi connectivity index (χ2v) is 6.14. The van der Waals surface area contributed by atoms with E-state index in [4.69, 9.17) is 10.6 Å². The summed E-state index contributed by atoms with van der Waals surface area (Å²) in [6.07, 6.45) is 0.160. The van der Waals surface area contributed by atoms with E-state index in [0.717, 1.165) is 16.9 Å². The Kier molecular flexibility index (Phi) is 5.39. The summed E-state index contributed by atoms with van der Waals surface area (Å²) in [5.41, 5.74) is 5.10. The van der Waals surface area contributed by atoms with Gasteiger partial charge in [0.25, 0.3) is 0 Å². The third-order valence-corrected chi connectivity index (χ3v) is 3.65. The summed E-state index contributed by atoms with van der Waals surface area (Å²) in [5.74, 6) is 6.60. The van der Waals surface area contributed by atoms with E-state index < -0.39 is 0 Å². The van der Waals surface area contributed by atoms with Gasteiger partial charge >= 0.3 is 0 Å². The Morgan fingerprint density at radius 3 is 2.35 bits per heavy atom. The molecule has 0 fully saturated rings. The number of nitrogens with two attached hydrogens (primary N) is 1. The van der Waals surface area contributed by atoms with E-state index in [9.17, 15) is 0 Å². The number of nitrogens with one attached hydrogen (secondary N) is 1. The molecule has 0 spiro atoms. The Bertz CT molecular complexity index is 555. The van der Waals surface area contributed by atoms with Crippen molar-refractivity contribution in [1.29, 1.82) is 0 Å². The van der Waals surface area contributed by atoms with E-state index in [1.54, 1.807) is 0 Å². The molecule has 1 atom stereocenters. The number of rotatable bonds is 5. The van der Waals surface area contributed by atoms with Crippen molar-refractivity contribution >= 4 is 22.6 Å². The quantitative estimate of drug-likeness (QED) is 0.472. The summed E-state index contributed by atoms with van der Waals surface area (Å²) in [4.78, 5) is 0. The summed E-state index contributed by atoms with van der Waals surface area (Å²) in [6, 6.07) is 16.3. The summed E-state index contributed by atoms with van der Waals surface area (Å²) in [5, 5.41) is 0. The van der Waals surface area contributed by atoms with Crippen LogP contribution in [0.4, 0.5) is 0 Å². The molecule has 0 aliphatic heterocycles. The first kappa shape index (κ1) is 15.3. The molecule has 3 N–H and O–H groups in total. The van der Waals surface area contributed by atoms with Gasteiger partial charge in [-0.1, -0.05) is 24.3 Å². The van der Waals surface area contributed by atoms with E-state index in [2.05, 4.69) is 58.3 Å². The molecule has 3 nitrogen and oxygen atoms in total. The molecule has 1 unspecified atom stereocenters. The second kappa shape index (κ2) is 7.06. The van der Waals surface area contributed by atoms with Gasteiger partial charge in [0.2, 0.25) is 0 Å². The van der Waals surface area contributed by atoms with Crippen LogP contribution in [-0.2, 0) is 0 Å². The number of hydrogen-bond donors (Lipinski definition) is 2. The topological polar surface area (TPSA) is 47.3 Å². The van der Waals surface area contributed by atoms with Crippen molar-refractivity contribution in [3.63, 3.8) is 0 Å². The van der Waals surface area contributed by atoms with Crippen LogP contribution in [0.3, 0.4) is 0 Å². The summed E-state index contributed by atoms with van der Waals surface area (Å²) < 4.78 is 6.94. The largest absolute Gasteiger partial charge is 0.491 e. The molecule has 0 saturated heterocycles. The SMILES string of the molecule is CC(C)Oc1cccc(C(NN)c2ccc(I)cc2)c1. The third kappa shape index (κ3) is 3.94. The minimum Gasteiger partial charge on any atom is -0.491 e. The first-order valence-electron chi connectivity index (χ1n) is 6.58. The Balaban J connectivity index is 2.29.